The Morgan fingerprint density at radius 1 is 1.25 bits per heavy atom. The van der Waals surface area contributed by atoms with E-state index in [2.05, 4.69) is 17.2 Å². The Morgan fingerprint density at radius 2 is 1.95 bits per heavy atom. The molecule has 0 saturated heterocycles. The maximum Gasteiger partial charge on any atom is 0.242 e. The first-order chi connectivity index (χ1) is 9.62. The first-order valence-corrected chi connectivity index (χ1v) is 7.30. The largest absolute Gasteiger partial charge is 0.384 e. The Labute approximate surface area is 122 Å². The minimum Gasteiger partial charge on any atom is -0.384 e. The lowest BCUT2D eigenvalue weighted by Crippen LogP contribution is -2.38. The highest BCUT2D eigenvalue weighted by Crippen LogP contribution is 2.16. The van der Waals surface area contributed by atoms with Crippen LogP contribution in [0.15, 0.2) is 18.5 Å². The molecule has 0 bridgehead atoms. The van der Waals surface area contributed by atoms with Crippen LogP contribution < -0.4 is 10.2 Å². The number of amides is 1. The van der Waals surface area contributed by atoms with Crippen LogP contribution in [-0.4, -0.2) is 49.0 Å². The molecule has 20 heavy (non-hydrogen) atoms. The van der Waals surface area contributed by atoms with Gasteiger partial charge >= 0.3 is 0 Å². The van der Waals surface area contributed by atoms with Gasteiger partial charge in [0.15, 0.2) is 0 Å². The molecule has 1 aromatic heterocycles. The highest BCUT2D eigenvalue weighted by molar-refractivity contribution is 5.81. The zero-order valence-corrected chi connectivity index (χ0v) is 13.0. The predicted octanol–water partition coefficient (Wildman–Crippen LogP) is 2.21. The molecule has 0 fully saturated rings. The Kier molecular flexibility index (Phi) is 6.84. The number of likely N-dealkylation sites (N-methyl/N-ethyl adjacent to an activating group) is 2. The number of rotatable bonds is 8. The van der Waals surface area contributed by atoms with Crippen LogP contribution in [0.4, 0.5) is 11.4 Å². The molecule has 1 amide bonds. The van der Waals surface area contributed by atoms with Gasteiger partial charge in [0.1, 0.15) is 0 Å². The molecule has 0 aliphatic carbocycles. The number of aromatic nitrogens is 1. The molecule has 5 heteroatoms. The van der Waals surface area contributed by atoms with Crippen LogP contribution in [0.3, 0.4) is 0 Å². The average Bonchev–Trinajstić information content (AvgIpc) is 2.46. The number of nitrogens with zero attached hydrogens (tertiary/aromatic N) is 3. The van der Waals surface area contributed by atoms with E-state index in [0.29, 0.717) is 6.54 Å². The van der Waals surface area contributed by atoms with Gasteiger partial charge in [-0.15, -0.1) is 0 Å². The van der Waals surface area contributed by atoms with Crippen molar-refractivity contribution in [1.82, 2.24) is 9.88 Å². The first-order valence-electron chi connectivity index (χ1n) is 7.30. The average molecular weight is 278 g/mol. The summed E-state index contributed by atoms with van der Waals surface area (Å²) in [7, 11) is 1.92. The summed E-state index contributed by atoms with van der Waals surface area (Å²) in [5.41, 5.74) is 1.94. The van der Waals surface area contributed by atoms with Crippen LogP contribution in [0.5, 0.6) is 0 Å². The SMILES string of the molecule is CCCNc1cncc(N(C)CC(=O)N(CC)CC)c1. The second-order valence-electron chi connectivity index (χ2n) is 4.78. The fraction of sp³-hybridized carbons (Fsp3) is 0.600. The second kappa shape index (κ2) is 8.40. The van der Waals surface area contributed by atoms with E-state index in [1.165, 1.54) is 0 Å². The van der Waals surface area contributed by atoms with Crippen LogP contribution in [-0.2, 0) is 4.79 Å². The van der Waals surface area contributed by atoms with E-state index in [-0.39, 0.29) is 5.91 Å². The Balaban J connectivity index is 2.67. The van der Waals surface area contributed by atoms with Gasteiger partial charge in [-0.1, -0.05) is 6.92 Å². The molecule has 0 unspecified atom stereocenters. The van der Waals surface area contributed by atoms with Crippen molar-refractivity contribution in [3.05, 3.63) is 18.5 Å². The molecule has 1 aromatic rings. The molecule has 1 rings (SSSR count). The summed E-state index contributed by atoms with van der Waals surface area (Å²) in [5.74, 6) is 0.143. The number of pyridine rings is 1. The van der Waals surface area contributed by atoms with Crippen molar-refractivity contribution in [2.45, 2.75) is 27.2 Å². The van der Waals surface area contributed by atoms with Crippen molar-refractivity contribution in [2.24, 2.45) is 0 Å². The second-order valence-corrected chi connectivity index (χ2v) is 4.78. The predicted molar refractivity (Wildman–Crippen MR) is 84.2 cm³/mol. The highest BCUT2D eigenvalue weighted by atomic mass is 16.2. The number of hydrogen-bond acceptors (Lipinski definition) is 4. The lowest BCUT2D eigenvalue weighted by molar-refractivity contribution is -0.129. The van der Waals surface area contributed by atoms with Gasteiger partial charge in [0.2, 0.25) is 5.91 Å². The maximum atomic E-state index is 12.1. The van der Waals surface area contributed by atoms with Crippen molar-refractivity contribution in [3.63, 3.8) is 0 Å². The van der Waals surface area contributed by atoms with Gasteiger partial charge in [-0.3, -0.25) is 9.78 Å². The molecule has 1 N–H and O–H groups in total. The molecule has 0 aromatic carbocycles. The third kappa shape index (κ3) is 4.72. The normalized spacial score (nSPS) is 10.2. The lowest BCUT2D eigenvalue weighted by atomic mass is 10.3. The van der Waals surface area contributed by atoms with Crippen molar-refractivity contribution in [3.8, 4) is 0 Å². The standard InChI is InChI=1S/C15H26N4O/c1-5-8-17-13-9-14(11-16-10-13)18(4)12-15(20)19(6-2)7-3/h9-11,17H,5-8,12H2,1-4H3. The maximum absolute atomic E-state index is 12.1. The van der Waals surface area contributed by atoms with Gasteiger partial charge in [-0.25, -0.2) is 0 Å². The summed E-state index contributed by atoms with van der Waals surface area (Å²) in [6.45, 7) is 8.92. The van der Waals surface area contributed by atoms with Crippen LogP contribution in [0.1, 0.15) is 27.2 Å². The van der Waals surface area contributed by atoms with E-state index in [4.69, 9.17) is 0 Å². The summed E-state index contributed by atoms with van der Waals surface area (Å²) >= 11 is 0. The van der Waals surface area contributed by atoms with Crippen LogP contribution >= 0.6 is 0 Å². The summed E-state index contributed by atoms with van der Waals surface area (Å²) in [6, 6.07) is 2.03. The summed E-state index contributed by atoms with van der Waals surface area (Å²) in [6.07, 6.45) is 4.66. The molecular formula is C15H26N4O. The van der Waals surface area contributed by atoms with Gasteiger partial charge in [-0.05, 0) is 26.3 Å². The van der Waals surface area contributed by atoms with E-state index in [1.54, 1.807) is 12.4 Å². The molecule has 0 radical (unpaired) electrons. The minimum absolute atomic E-state index is 0.143. The van der Waals surface area contributed by atoms with Crippen molar-refractivity contribution >= 4 is 17.3 Å². The number of hydrogen-bond donors (Lipinski definition) is 1. The third-order valence-electron chi connectivity index (χ3n) is 3.23. The van der Waals surface area contributed by atoms with Gasteiger partial charge in [0.25, 0.3) is 0 Å². The van der Waals surface area contributed by atoms with Gasteiger partial charge in [0.05, 0.1) is 30.3 Å². The fourth-order valence-corrected chi connectivity index (χ4v) is 1.97. The van der Waals surface area contributed by atoms with E-state index in [9.17, 15) is 4.79 Å². The minimum atomic E-state index is 0.143. The summed E-state index contributed by atoms with van der Waals surface area (Å²) < 4.78 is 0. The van der Waals surface area contributed by atoms with Crippen molar-refractivity contribution in [1.29, 1.82) is 0 Å². The molecule has 0 spiro atoms. The number of anilines is 2. The lowest BCUT2D eigenvalue weighted by Gasteiger charge is -2.24. The Bertz CT molecular complexity index is 418. The molecule has 0 atom stereocenters. The molecular weight excluding hydrogens is 252 g/mol. The molecule has 1 heterocycles. The zero-order valence-electron chi connectivity index (χ0n) is 13.0. The highest BCUT2D eigenvalue weighted by Gasteiger charge is 2.13. The fourth-order valence-electron chi connectivity index (χ4n) is 1.97. The number of nitrogens with one attached hydrogen (secondary N) is 1. The summed E-state index contributed by atoms with van der Waals surface area (Å²) in [5, 5.41) is 3.30. The molecule has 0 saturated carbocycles. The molecule has 112 valence electrons. The van der Waals surface area contributed by atoms with Crippen LogP contribution in [0.2, 0.25) is 0 Å². The number of carbonyl (C=O) groups excluding carboxylic acids is 1. The van der Waals surface area contributed by atoms with E-state index in [1.807, 2.05) is 36.8 Å². The van der Waals surface area contributed by atoms with Crippen LogP contribution in [0.25, 0.3) is 0 Å². The van der Waals surface area contributed by atoms with E-state index in [0.717, 1.165) is 37.4 Å². The monoisotopic (exact) mass is 278 g/mol. The molecule has 0 aliphatic heterocycles. The van der Waals surface area contributed by atoms with Crippen LogP contribution in [0, 0.1) is 0 Å². The third-order valence-corrected chi connectivity index (χ3v) is 3.23. The van der Waals surface area contributed by atoms with Crippen molar-refractivity contribution < 1.29 is 4.79 Å². The van der Waals surface area contributed by atoms with Gasteiger partial charge in [0, 0.05) is 26.7 Å². The molecule has 5 nitrogen and oxygen atoms in total. The van der Waals surface area contributed by atoms with Gasteiger partial charge < -0.3 is 15.1 Å². The molecule has 0 aliphatic rings. The quantitative estimate of drug-likeness (QED) is 0.792. The number of carbonyl (C=O) groups is 1. The first kappa shape index (κ1) is 16.3. The van der Waals surface area contributed by atoms with E-state index < -0.39 is 0 Å². The summed E-state index contributed by atoms with van der Waals surface area (Å²) in [4.78, 5) is 20.1. The zero-order chi connectivity index (χ0) is 15.0. The van der Waals surface area contributed by atoms with E-state index >= 15 is 0 Å². The van der Waals surface area contributed by atoms with Crippen molar-refractivity contribution in [2.75, 3.05) is 43.4 Å². The Hall–Kier alpha value is -1.78. The smallest absolute Gasteiger partial charge is 0.242 e. The van der Waals surface area contributed by atoms with Gasteiger partial charge in [-0.2, -0.15) is 0 Å². The Morgan fingerprint density at radius 3 is 2.55 bits per heavy atom. The topological polar surface area (TPSA) is 48.5 Å².